The Balaban J connectivity index is 0.000000298. The number of halogens is 3. The molecule has 1 aliphatic rings. The van der Waals surface area contributed by atoms with E-state index >= 15 is 0 Å². The van der Waals surface area contributed by atoms with Gasteiger partial charge in [-0.3, -0.25) is 9.98 Å². The first-order chi connectivity index (χ1) is 13.7. The number of benzene rings is 1. The Morgan fingerprint density at radius 2 is 1.97 bits per heavy atom. The van der Waals surface area contributed by atoms with E-state index in [2.05, 4.69) is 37.6 Å². The van der Waals surface area contributed by atoms with E-state index in [9.17, 15) is 13.2 Å². The van der Waals surface area contributed by atoms with E-state index in [1.54, 1.807) is 12.4 Å². The second-order valence-corrected chi connectivity index (χ2v) is 6.71. The van der Waals surface area contributed by atoms with Crippen molar-refractivity contribution < 1.29 is 23.1 Å². The molecular formula is C17H13F3N6O2S. The van der Waals surface area contributed by atoms with Crippen LogP contribution in [0.4, 0.5) is 29.7 Å². The van der Waals surface area contributed by atoms with Crippen LogP contribution in [0, 0.1) is 0 Å². The Morgan fingerprint density at radius 1 is 1.21 bits per heavy atom. The van der Waals surface area contributed by atoms with Crippen molar-refractivity contribution in [2.75, 3.05) is 11.1 Å². The normalized spacial score (nSPS) is 12.1. The van der Waals surface area contributed by atoms with Gasteiger partial charge in [-0.15, -0.1) is 10.2 Å². The number of carboxylic acids is 1. The maximum Gasteiger partial charge on any atom is 0.490 e. The molecule has 8 nitrogen and oxygen atoms in total. The van der Waals surface area contributed by atoms with E-state index < -0.39 is 12.1 Å². The van der Waals surface area contributed by atoms with Crippen LogP contribution in [0.2, 0.25) is 0 Å². The number of carboxylic acid groups (broad SMARTS) is 1. The van der Waals surface area contributed by atoms with Crippen LogP contribution in [0.15, 0.2) is 41.7 Å². The quantitative estimate of drug-likeness (QED) is 0.590. The van der Waals surface area contributed by atoms with Gasteiger partial charge in [-0.2, -0.15) is 13.2 Å². The monoisotopic (exact) mass is 422 g/mol. The number of nitrogens with zero attached hydrogens (tertiary/aromatic N) is 4. The lowest BCUT2D eigenvalue weighted by Crippen LogP contribution is -2.21. The Morgan fingerprint density at radius 3 is 2.66 bits per heavy atom. The first-order valence-electron chi connectivity index (χ1n) is 7.96. The summed E-state index contributed by atoms with van der Waals surface area (Å²) in [6, 6.07) is 8.00. The molecule has 4 N–H and O–H groups in total. The number of aliphatic imine (C=N–C) groups is 1. The molecule has 0 atom stereocenters. The highest BCUT2D eigenvalue weighted by Crippen LogP contribution is 2.29. The largest absolute Gasteiger partial charge is 0.490 e. The molecule has 0 unspecified atom stereocenters. The number of alkyl halides is 3. The molecule has 29 heavy (non-hydrogen) atoms. The fraction of sp³-hybridized carbons (Fsp3) is 0.118. The molecule has 0 amide bonds. The van der Waals surface area contributed by atoms with Gasteiger partial charge in [-0.05, 0) is 29.3 Å². The maximum atomic E-state index is 10.6. The highest BCUT2D eigenvalue weighted by Gasteiger charge is 2.38. The first-order valence-corrected chi connectivity index (χ1v) is 8.78. The molecule has 1 aliphatic heterocycles. The van der Waals surface area contributed by atoms with E-state index in [0.29, 0.717) is 5.69 Å². The number of aromatic nitrogens is 3. The smallest absolute Gasteiger partial charge is 0.475 e. The summed E-state index contributed by atoms with van der Waals surface area (Å²) in [5, 5.41) is 20.3. The third-order valence-corrected chi connectivity index (χ3v) is 4.45. The molecule has 0 saturated carbocycles. The van der Waals surface area contributed by atoms with Gasteiger partial charge in [0.2, 0.25) is 5.13 Å². The molecule has 0 radical (unpaired) electrons. The molecule has 4 rings (SSSR count). The van der Waals surface area contributed by atoms with E-state index in [-0.39, 0.29) is 0 Å². The standard InChI is InChI=1S/C15H12N6S.C2HF3O2/c16-12-3-11(7-18-8-12)14-20-21-15(22-14)19-13-2-1-9-5-17-6-10(9)4-13;3-2(4,5)1(6)7/h1-4,6-8H,5,16H2,(H,19,21);(H,6,7). The van der Waals surface area contributed by atoms with Crippen LogP contribution >= 0.6 is 11.3 Å². The molecule has 3 aromatic rings. The van der Waals surface area contributed by atoms with Crippen molar-refractivity contribution in [1.82, 2.24) is 15.2 Å². The van der Waals surface area contributed by atoms with Crippen molar-refractivity contribution in [2.45, 2.75) is 12.7 Å². The lowest BCUT2D eigenvalue weighted by Gasteiger charge is -2.03. The fourth-order valence-electron chi connectivity index (χ4n) is 2.27. The zero-order valence-electron chi connectivity index (χ0n) is 14.5. The average Bonchev–Trinajstić information content (AvgIpc) is 3.30. The lowest BCUT2D eigenvalue weighted by atomic mass is 10.1. The summed E-state index contributed by atoms with van der Waals surface area (Å²) in [4.78, 5) is 17.2. The van der Waals surface area contributed by atoms with Gasteiger partial charge in [0, 0.05) is 29.9 Å². The summed E-state index contributed by atoms with van der Waals surface area (Å²) >= 11 is 1.46. The minimum absolute atomic E-state index is 0.611. The van der Waals surface area contributed by atoms with Crippen molar-refractivity contribution in [3.05, 3.63) is 47.8 Å². The Labute approximate surface area is 166 Å². The van der Waals surface area contributed by atoms with E-state index in [1.165, 1.54) is 16.9 Å². The van der Waals surface area contributed by atoms with Crippen LogP contribution in [0.3, 0.4) is 0 Å². The highest BCUT2D eigenvalue weighted by atomic mass is 32.1. The van der Waals surface area contributed by atoms with Gasteiger partial charge >= 0.3 is 12.1 Å². The molecule has 0 saturated heterocycles. The predicted molar refractivity (Wildman–Crippen MR) is 102 cm³/mol. The number of carbonyl (C=O) groups is 1. The van der Waals surface area contributed by atoms with Crippen LogP contribution in [-0.4, -0.2) is 38.6 Å². The van der Waals surface area contributed by atoms with Crippen molar-refractivity contribution in [1.29, 1.82) is 0 Å². The molecule has 3 heterocycles. The second-order valence-electron chi connectivity index (χ2n) is 5.73. The van der Waals surface area contributed by atoms with E-state index in [1.807, 2.05) is 18.3 Å². The number of fused-ring (bicyclic) bond motifs is 1. The van der Waals surface area contributed by atoms with Gasteiger partial charge in [0.15, 0.2) is 5.01 Å². The van der Waals surface area contributed by atoms with Gasteiger partial charge < -0.3 is 16.2 Å². The summed E-state index contributed by atoms with van der Waals surface area (Å²) in [5.74, 6) is -2.76. The molecule has 1 aromatic carbocycles. The Hall–Kier alpha value is -3.54. The second kappa shape index (κ2) is 8.22. The minimum atomic E-state index is -5.08. The number of nitrogens with one attached hydrogen (secondary N) is 1. The first kappa shape index (κ1) is 20.2. The van der Waals surface area contributed by atoms with Crippen molar-refractivity contribution in [3.8, 4) is 10.6 Å². The Bertz CT molecular complexity index is 1070. The molecule has 12 heteroatoms. The molecule has 150 valence electrons. The van der Waals surface area contributed by atoms with Crippen LogP contribution < -0.4 is 11.1 Å². The van der Waals surface area contributed by atoms with Crippen LogP contribution in [0.1, 0.15) is 11.1 Å². The predicted octanol–water partition coefficient (Wildman–Crippen LogP) is 3.49. The molecule has 0 bridgehead atoms. The van der Waals surface area contributed by atoms with Gasteiger partial charge in [-0.1, -0.05) is 17.4 Å². The molecular weight excluding hydrogens is 409 g/mol. The molecule has 2 aromatic heterocycles. The number of nitrogens with two attached hydrogens (primary N) is 1. The number of aliphatic carboxylic acids is 1. The fourth-order valence-corrected chi connectivity index (χ4v) is 3.01. The molecule has 0 spiro atoms. The van der Waals surface area contributed by atoms with Crippen LogP contribution in [0.25, 0.3) is 10.6 Å². The Kier molecular flexibility index (Phi) is 5.73. The zero-order valence-corrected chi connectivity index (χ0v) is 15.3. The van der Waals surface area contributed by atoms with E-state index in [4.69, 9.17) is 15.6 Å². The SMILES string of the molecule is Nc1cncc(-c2nnc(Nc3ccc4c(c3)C=NC4)s2)c1.O=C(O)C(F)(F)F. The van der Waals surface area contributed by atoms with E-state index in [0.717, 1.165) is 33.5 Å². The summed E-state index contributed by atoms with van der Waals surface area (Å²) < 4.78 is 31.7. The van der Waals surface area contributed by atoms with Crippen LogP contribution in [-0.2, 0) is 11.3 Å². The van der Waals surface area contributed by atoms with Gasteiger partial charge in [-0.25, -0.2) is 4.79 Å². The summed E-state index contributed by atoms with van der Waals surface area (Å²) in [6.07, 6.45) is 0.146. The minimum Gasteiger partial charge on any atom is -0.475 e. The van der Waals surface area contributed by atoms with Crippen LogP contribution in [0.5, 0.6) is 0 Å². The number of pyridine rings is 1. The summed E-state index contributed by atoms with van der Waals surface area (Å²) in [7, 11) is 0. The zero-order chi connectivity index (χ0) is 21.0. The summed E-state index contributed by atoms with van der Waals surface area (Å²) in [5.41, 5.74) is 10.6. The number of nitrogen functional groups attached to an aromatic ring is 1. The van der Waals surface area contributed by atoms with Gasteiger partial charge in [0.25, 0.3) is 0 Å². The summed E-state index contributed by atoms with van der Waals surface area (Å²) in [6.45, 7) is 0.765. The maximum absolute atomic E-state index is 10.6. The van der Waals surface area contributed by atoms with Gasteiger partial charge in [0.05, 0.1) is 12.2 Å². The number of rotatable bonds is 3. The third-order valence-electron chi connectivity index (χ3n) is 3.56. The average molecular weight is 422 g/mol. The highest BCUT2D eigenvalue weighted by molar-refractivity contribution is 7.18. The molecule has 0 fully saturated rings. The number of hydrogen-bond donors (Lipinski definition) is 3. The number of hydrogen-bond acceptors (Lipinski definition) is 8. The number of anilines is 3. The van der Waals surface area contributed by atoms with Crippen molar-refractivity contribution >= 4 is 40.0 Å². The third kappa shape index (κ3) is 5.25. The van der Waals surface area contributed by atoms with Crippen molar-refractivity contribution in [3.63, 3.8) is 0 Å². The lowest BCUT2D eigenvalue weighted by molar-refractivity contribution is -0.192. The van der Waals surface area contributed by atoms with Gasteiger partial charge in [0.1, 0.15) is 0 Å². The topological polar surface area (TPSA) is 126 Å². The molecule has 0 aliphatic carbocycles. The van der Waals surface area contributed by atoms with Crippen molar-refractivity contribution in [2.24, 2.45) is 4.99 Å².